The molecule has 3 aromatic rings. The van der Waals surface area contributed by atoms with E-state index in [2.05, 4.69) is 9.97 Å². The maximum atomic E-state index is 11.7. The third kappa shape index (κ3) is 1.92. The number of aromatic nitrogens is 3. The van der Waals surface area contributed by atoms with Crippen LogP contribution in [0.3, 0.4) is 0 Å². The quantitative estimate of drug-likeness (QED) is 0.675. The van der Waals surface area contributed by atoms with Crippen LogP contribution >= 0.6 is 11.6 Å². The normalized spacial score (nSPS) is 11.1. The second-order valence-corrected chi connectivity index (χ2v) is 4.34. The van der Waals surface area contributed by atoms with E-state index in [4.69, 9.17) is 16.3 Å². The zero-order chi connectivity index (χ0) is 13.4. The topological polar surface area (TPSA) is 56.5 Å². The molecule has 2 heterocycles. The smallest absolute Gasteiger partial charge is 0.358 e. The van der Waals surface area contributed by atoms with Crippen molar-refractivity contribution in [3.63, 3.8) is 0 Å². The zero-order valence-electron chi connectivity index (χ0n) is 10.1. The first-order valence-corrected chi connectivity index (χ1v) is 6.19. The van der Waals surface area contributed by atoms with Crippen molar-refractivity contribution in [2.24, 2.45) is 0 Å². The third-order valence-electron chi connectivity index (χ3n) is 2.73. The van der Waals surface area contributed by atoms with Gasteiger partial charge in [-0.15, -0.1) is 0 Å². The monoisotopic (exact) mass is 275 g/mol. The minimum absolute atomic E-state index is 0.0892. The van der Waals surface area contributed by atoms with E-state index in [9.17, 15) is 4.79 Å². The molecule has 0 saturated heterocycles. The summed E-state index contributed by atoms with van der Waals surface area (Å²) in [5.41, 5.74) is 1.78. The molecular formula is C13H10ClN3O2. The molecule has 1 aromatic carbocycles. The van der Waals surface area contributed by atoms with Crippen LogP contribution in [-0.4, -0.2) is 26.9 Å². The predicted octanol–water partition coefficient (Wildman–Crippen LogP) is 2.71. The van der Waals surface area contributed by atoms with Crippen LogP contribution in [0.25, 0.3) is 16.8 Å². The Morgan fingerprint density at radius 2 is 2.16 bits per heavy atom. The summed E-state index contributed by atoms with van der Waals surface area (Å²) in [6, 6.07) is 7.59. The molecule has 96 valence electrons. The Hall–Kier alpha value is -2.14. The molecular weight excluding hydrogens is 266 g/mol. The summed E-state index contributed by atoms with van der Waals surface area (Å²) in [6.07, 6.45) is 1.63. The third-order valence-corrected chi connectivity index (χ3v) is 3.00. The van der Waals surface area contributed by atoms with E-state index < -0.39 is 5.97 Å². The number of esters is 1. The molecule has 3 rings (SSSR count). The molecule has 0 aliphatic rings. The minimum atomic E-state index is -0.540. The molecule has 2 aromatic heterocycles. The summed E-state index contributed by atoms with van der Waals surface area (Å²) in [7, 11) is 0. The Labute approximate surface area is 113 Å². The van der Waals surface area contributed by atoms with Gasteiger partial charge in [-0.05, 0) is 19.1 Å². The van der Waals surface area contributed by atoms with Crippen molar-refractivity contribution in [3.05, 3.63) is 41.2 Å². The van der Waals surface area contributed by atoms with Gasteiger partial charge in [-0.1, -0.05) is 23.7 Å². The first-order valence-electron chi connectivity index (χ1n) is 5.81. The number of carbonyl (C=O) groups excluding carboxylic acids is 1. The van der Waals surface area contributed by atoms with E-state index in [1.165, 1.54) is 0 Å². The number of rotatable bonds is 2. The van der Waals surface area contributed by atoms with Crippen LogP contribution in [0, 0.1) is 0 Å². The minimum Gasteiger partial charge on any atom is -0.461 e. The first-order chi connectivity index (χ1) is 9.20. The van der Waals surface area contributed by atoms with Crippen LogP contribution in [0.5, 0.6) is 0 Å². The Balaban J connectivity index is 2.25. The number of benzene rings is 1. The van der Waals surface area contributed by atoms with Crippen LogP contribution in [0.4, 0.5) is 0 Å². The average Bonchev–Trinajstić information content (AvgIpc) is 2.76. The number of carbonyl (C=O) groups is 1. The van der Waals surface area contributed by atoms with E-state index in [1.54, 1.807) is 17.5 Å². The molecule has 0 N–H and O–H groups in total. The van der Waals surface area contributed by atoms with E-state index in [0.29, 0.717) is 5.78 Å². The van der Waals surface area contributed by atoms with Crippen molar-refractivity contribution in [1.29, 1.82) is 0 Å². The molecule has 0 bridgehead atoms. The number of ether oxygens (including phenoxy) is 1. The van der Waals surface area contributed by atoms with Crippen molar-refractivity contribution in [2.75, 3.05) is 6.61 Å². The maximum absolute atomic E-state index is 11.7. The van der Waals surface area contributed by atoms with Crippen LogP contribution in [0.1, 0.15) is 17.4 Å². The Bertz CT molecular complexity index is 782. The Morgan fingerprint density at radius 1 is 1.37 bits per heavy atom. The number of nitrogens with zero attached hydrogens (tertiary/aromatic N) is 3. The van der Waals surface area contributed by atoms with Crippen molar-refractivity contribution in [2.45, 2.75) is 6.92 Å². The van der Waals surface area contributed by atoms with E-state index in [1.807, 2.05) is 24.3 Å². The maximum Gasteiger partial charge on any atom is 0.358 e. The van der Waals surface area contributed by atoms with Gasteiger partial charge >= 0.3 is 5.97 Å². The molecule has 0 atom stereocenters. The van der Waals surface area contributed by atoms with Gasteiger partial charge in [0.05, 0.1) is 22.7 Å². The standard InChI is InChI=1S/C13H10ClN3O2/c1-2-19-12(18)11-8(14)7-17-10-6-4-3-5-9(10)15-13(17)16-11/h3-7H,2H2,1H3. The lowest BCUT2D eigenvalue weighted by Gasteiger charge is -2.03. The molecule has 0 saturated carbocycles. The summed E-state index contributed by atoms with van der Waals surface area (Å²) in [6.45, 7) is 2.01. The van der Waals surface area contributed by atoms with Crippen LogP contribution in [0.15, 0.2) is 30.5 Å². The highest BCUT2D eigenvalue weighted by molar-refractivity contribution is 6.33. The number of halogens is 1. The molecule has 0 aliphatic heterocycles. The van der Waals surface area contributed by atoms with Crippen LogP contribution in [0.2, 0.25) is 5.02 Å². The highest BCUT2D eigenvalue weighted by atomic mass is 35.5. The lowest BCUT2D eigenvalue weighted by Crippen LogP contribution is -2.09. The summed E-state index contributed by atoms with van der Waals surface area (Å²) >= 11 is 6.08. The second kappa shape index (κ2) is 4.51. The number of para-hydroxylation sites is 2. The fourth-order valence-corrected chi connectivity index (χ4v) is 2.13. The molecule has 0 amide bonds. The van der Waals surface area contributed by atoms with Gasteiger partial charge < -0.3 is 4.74 Å². The molecule has 19 heavy (non-hydrogen) atoms. The first kappa shape index (κ1) is 11.9. The number of fused-ring (bicyclic) bond motifs is 3. The van der Waals surface area contributed by atoms with Gasteiger partial charge in [0.15, 0.2) is 5.69 Å². The highest BCUT2D eigenvalue weighted by Crippen LogP contribution is 2.20. The summed E-state index contributed by atoms with van der Waals surface area (Å²) in [5, 5.41) is 0.245. The van der Waals surface area contributed by atoms with E-state index in [0.717, 1.165) is 11.0 Å². The van der Waals surface area contributed by atoms with Gasteiger partial charge in [0, 0.05) is 6.20 Å². The van der Waals surface area contributed by atoms with Gasteiger partial charge in [-0.2, -0.15) is 0 Å². The zero-order valence-corrected chi connectivity index (χ0v) is 10.9. The van der Waals surface area contributed by atoms with Crippen molar-refractivity contribution in [3.8, 4) is 0 Å². The predicted molar refractivity (Wildman–Crippen MR) is 71.5 cm³/mol. The lowest BCUT2D eigenvalue weighted by molar-refractivity contribution is 0.0520. The van der Waals surface area contributed by atoms with Crippen molar-refractivity contribution in [1.82, 2.24) is 14.4 Å². The van der Waals surface area contributed by atoms with Crippen LogP contribution in [-0.2, 0) is 4.74 Å². The van der Waals surface area contributed by atoms with Gasteiger partial charge in [-0.3, -0.25) is 4.40 Å². The fraction of sp³-hybridized carbons (Fsp3) is 0.154. The highest BCUT2D eigenvalue weighted by Gasteiger charge is 2.16. The number of hydrogen-bond acceptors (Lipinski definition) is 4. The summed E-state index contributed by atoms with van der Waals surface area (Å²) in [5.74, 6) is -0.115. The second-order valence-electron chi connectivity index (χ2n) is 3.93. The molecule has 0 fully saturated rings. The molecule has 0 radical (unpaired) electrons. The average molecular weight is 276 g/mol. The van der Waals surface area contributed by atoms with Gasteiger partial charge in [0.25, 0.3) is 0 Å². The van der Waals surface area contributed by atoms with Crippen molar-refractivity contribution < 1.29 is 9.53 Å². The Kier molecular flexibility index (Phi) is 2.83. The lowest BCUT2D eigenvalue weighted by atomic mass is 10.3. The van der Waals surface area contributed by atoms with Gasteiger partial charge in [-0.25, -0.2) is 14.8 Å². The largest absolute Gasteiger partial charge is 0.461 e. The molecule has 5 nitrogen and oxygen atoms in total. The number of imidazole rings is 1. The summed E-state index contributed by atoms with van der Waals surface area (Å²) in [4.78, 5) is 20.2. The fourth-order valence-electron chi connectivity index (χ4n) is 1.91. The van der Waals surface area contributed by atoms with Gasteiger partial charge in [0.2, 0.25) is 5.78 Å². The van der Waals surface area contributed by atoms with Gasteiger partial charge in [0.1, 0.15) is 0 Å². The van der Waals surface area contributed by atoms with E-state index in [-0.39, 0.29) is 17.3 Å². The van der Waals surface area contributed by atoms with Crippen molar-refractivity contribution >= 4 is 34.4 Å². The van der Waals surface area contributed by atoms with E-state index >= 15 is 0 Å². The SMILES string of the molecule is CCOC(=O)c1nc2nc3ccccc3n2cc1Cl. The van der Waals surface area contributed by atoms with Crippen LogP contribution < -0.4 is 0 Å². The molecule has 6 heteroatoms. The molecule has 0 spiro atoms. The number of hydrogen-bond donors (Lipinski definition) is 0. The molecule has 0 aliphatic carbocycles. The molecule has 0 unspecified atom stereocenters. The Morgan fingerprint density at radius 3 is 2.95 bits per heavy atom. The summed E-state index contributed by atoms with van der Waals surface area (Å²) < 4.78 is 6.66.